The standard InChI is InChI=1S/C12H17BrO3/c1-7-8(12(2,3)14)6-9(15-4)11(16-5)10(7)13/h6,14H,1-5H3. The Morgan fingerprint density at radius 1 is 1.25 bits per heavy atom. The van der Waals surface area contributed by atoms with Gasteiger partial charge in [-0.15, -0.1) is 0 Å². The predicted molar refractivity (Wildman–Crippen MR) is 67.2 cm³/mol. The molecule has 1 N–H and O–H groups in total. The molecule has 0 saturated heterocycles. The summed E-state index contributed by atoms with van der Waals surface area (Å²) in [5.41, 5.74) is 0.855. The first-order valence-electron chi connectivity index (χ1n) is 4.96. The van der Waals surface area contributed by atoms with E-state index in [9.17, 15) is 5.11 Å². The number of hydrogen-bond donors (Lipinski definition) is 1. The van der Waals surface area contributed by atoms with Gasteiger partial charge < -0.3 is 14.6 Å². The Labute approximate surface area is 105 Å². The summed E-state index contributed by atoms with van der Waals surface area (Å²) >= 11 is 3.46. The van der Waals surface area contributed by atoms with Gasteiger partial charge in [-0.25, -0.2) is 0 Å². The fraction of sp³-hybridized carbons (Fsp3) is 0.500. The molecule has 1 aromatic rings. The molecule has 0 spiro atoms. The lowest BCUT2D eigenvalue weighted by atomic mass is 9.93. The highest BCUT2D eigenvalue weighted by Crippen LogP contribution is 2.42. The third-order valence-electron chi connectivity index (χ3n) is 2.51. The molecule has 0 aliphatic rings. The van der Waals surface area contributed by atoms with E-state index < -0.39 is 5.60 Å². The van der Waals surface area contributed by atoms with Gasteiger partial charge in [-0.1, -0.05) is 0 Å². The SMILES string of the molecule is COc1cc(C(C)(C)O)c(C)c(Br)c1OC. The highest BCUT2D eigenvalue weighted by atomic mass is 79.9. The minimum Gasteiger partial charge on any atom is -0.493 e. The minimum atomic E-state index is -0.911. The molecule has 90 valence electrons. The van der Waals surface area contributed by atoms with Crippen LogP contribution in [0.5, 0.6) is 11.5 Å². The van der Waals surface area contributed by atoms with Crippen LogP contribution in [0.3, 0.4) is 0 Å². The first-order valence-corrected chi connectivity index (χ1v) is 5.76. The number of halogens is 1. The molecule has 0 aromatic heterocycles. The molecule has 0 heterocycles. The maximum absolute atomic E-state index is 10.1. The van der Waals surface area contributed by atoms with Gasteiger partial charge in [0.25, 0.3) is 0 Å². The summed E-state index contributed by atoms with van der Waals surface area (Å²) in [5, 5.41) is 10.1. The zero-order valence-electron chi connectivity index (χ0n) is 10.2. The molecule has 0 radical (unpaired) electrons. The summed E-state index contributed by atoms with van der Waals surface area (Å²) in [5.74, 6) is 1.25. The number of aliphatic hydroxyl groups is 1. The Kier molecular flexibility index (Phi) is 3.86. The van der Waals surface area contributed by atoms with Crippen molar-refractivity contribution in [3.8, 4) is 11.5 Å². The normalized spacial score (nSPS) is 11.4. The molecule has 1 rings (SSSR count). The molecule has 0 atom stereocenters. The Bertz CT molecular complexity index is 394. The van der Waals surface area contributed by atoms with Gasteiger partial charge in [-0.05, 0) is 53.9 Å². The average molecular weight is 289 g/mol. The van der Waals surface area contributed by atoms with Crippen molar-refractivity contribution in [1.82, 2.24) is 0 Å². The van der Waals surface area contributed by atoms with Crippen LogP contribution in [0, 0.1) is 6.92 Å². The molecule has 16 heavy (non-hydrogen) atoms. The van der Waals surface area contributed by atoms with Crippen LogP contribution in [0.1, 0.15) is 25.0 Å². The van der Waals surface area contributed by atoms with E-state index in [1.54, 1.807) is 34.1 Å². The monoisotopic (exact) mass is 288 g/mol. The summed E-state index contributed by atoms with van der Waals surface area (Å²) < 4.78 is 11.3. The van der Waals surface area contributed by atoms with E-state index in [0.29, 0.717) is 11.5 Å². The van der Waals surface area contributed by atoms with E-state index in [1.165, 1.54) is 0 Å². The zero-order chi connectivity index (χ0) is 12.5. The molecule has 0 bridgehead atoms. The van der Waals surface area contributed by atoms with Crippen LogP contribution in [0.15, 0.2) is 10.5 Å². The second-order valence-corrected chi connectivity index (χ2v) is 4.95. The molecule has 0 saturated carbocycles. The molecule has 4 heteroatoms. The van der Waals surface area contributed by atoms with E-state index in [1.807, 2.05) is 6.92 Å². The highest BCUT2D eigenvalue weighted by molar-refractivity contribution is 9.10. The fourth-order valence-electron chi connectivity index (χ4n) is 1.68. The van der Waals surface area contributed by atoms with Crippen LogP contribution in [0.25, 0.3) is 0 Å². The molecule has 3 nitrogen and oxygen atoms in total. The third kappa shape index (κ3) is 2.33. The number of hydrogen-bond acceptors (Lipinski definition) is 3. The lowest BCUT2D eigenvalue weighted by Crippen LogP contribution is -2.17. The summed E-state index contributed by atoms with van der Waals surface area (Å²) in [4.78, 5) is 0. The number of ether oxygens (including phenoxy) is 2. The van der Waals surface area contributed by atoms with Gasteiger partial charge in [0.15, 0.2) is 11.5 Å². The first kappa shape index (κ1) is 13.3. The minimum absolute atomic E-state index is 0.608. The van der Waals surface area contributed by atoms with Crippen LogP contribution < -0.4 is 9.47 Å². The van der Waals surface area contributed by atoms with Crippen molar-refractivity contribution in [3.63, 3.8) is 0 Å². The molecule has 0 aliphatic carbocycles. The van der Waals surface area contributed by atoms with Crippen molar-refractivity contribution in [2.75, 3.05) is 14.2 Å². The number of methoxy groups -OCH3 is 2. The van der Waals surface area contributed by atoms with Crippen LogP contribution in [-0.2, 0) is 5.60 Å². The molecule has 0 amide bonds. The van der Waals surface area contributed by atoms with Gasteiger partial charge >= 0.3 is 0 Å². The van der Waals surface area contributed by atoms with E-state index in [0.717, 1.165) is 15.6 Å². The lowest BCUT2D eigenvalue weighted by Gasteiger charge is -2.23. The molecule has 0 fully saturated rings. The molecule has 1 aromatic carbocycles. The van der Waals surface area contributed by atoms with E-state index in [4.69, 9.17) is 9.47 Å². The van der Waals surface area contributed by atoms with Gasteiger partial charge in [0.05, 0.1) is 24.3 Å². The van der Waals surface area contributed by atoms with E-state index in [2.05, 4.69) is 15.9 Å². The van der Waals surface area contributed by atoms with Crippen molar-refractivity contribution in [2.24, 2.45) is 0 Å². The molecule has 0 aliphatic heterocycles. The van der Waals surface area contributed by atoms with Crippen LogP contribution in [-0.4, -0.2) is 19.3 Å². The quantitative estimate of drug-likeness (QED) is 0.929. The van der Waals surface area contributed by atoms with Crippen molar-refractivity contribution in [1.29, 1.82) is 0 Å². The van der Waals surface area contributed by atoms with Crippen molar-refractivity contribution in [2.45, 2.75) is 26.4 Å². The average Bonchev–Trinajstić information content (AvgIpc) is 2.19. The van der Waals surface area contributed by atoms with Crippen LogP contribution >= 0.6 is 15.9 Å². The van der Waals surface area contributed by atoms with Crippen molar-refractivity contribution >= 4 is 15.9 Å². The summed E-state index contributed by atoms with van der Waals surface area (Å²) in [6, 6.07) is 1.80. The summed E-state index contributed by atoms with van der Waals surface area (Å²) in [7, 11) is 3.17. The van der Waals surface area contributed by atoms with Crippen LogP contribution in [0.2, 0.25) is 0 Å². The smallest absolute Gasteiger partial charge is 0.175 e. The van der Waals surface area contributed by atoms with Gasteiger partial charge in [0.2, 0.25) is 0 Å². The Balaban J connectivity index is 3.51. The van der Waals surface area contributed by atoms with E-state index >= 15 is 0 Å². The Morgan fingerprint density at radius 3 is 2.19 bits per heavy atom. The Hall–Kier alpha value is -0.740. The van der Waals surface area contributed by atoms with Gasteiger partial charge in [0.1, 0.15) is 0 Å². The topological polar surface area (TPSA) is 38.7 Å². The molecular weight excluding hydrogens is 272 g/mol. The fourth-order valence-corrected chi connectivity index (χ4v) is 2.25. The van der Waals surface area contributed by atoms with Crippen molar-refractivity contribution in [3.05, 3.63) is 21.7 Å². The van der Waals surface area contributed by atoms with Crippen molar-refractivity contribution < 1.29 is 14.6 Å². The summed E-state index contributed by atoms with van der Waals surface area (Å²) in [6.45, 7) is 5.42. The second kappa shape index (κ2) is 4.63. The highest BCUT2D eigenvalue weighted by Gasteiger charge is 2.24. The first-order chi connectivity index (χ1) is 7.32. The van der Waals surface area contributed by atoms with Gasteiger partial charge in [0, 0.05) is 0 Å². The van der Waals surface area contributed by atoms with E-state index in [-0.39, 0.29) is 0 Å². The maximum Gasteiger partial charge on any atom is 0.175 e. The predicted octanol–water partition coefficient (Wildman–Crippen LogP) is 3.00. The van der Waals surface area contributed by atoms with Gasteiger partial charge in [-0.3, -0.25) is 0 Å². The number of benzene rings is 1. The maximum atomic E-state index is 10.1. The molecular formula is C12H17BrO3. The Morgan fingerprint density at radius 2 is 1.81 bits per heavy atom. The second-order valence-electron chi connectivity index (χ2n) is 4.16. The van der Waals surface area contributed by atoms with Crippen LogP contribution in [0.4, 0.5) is 0 Å². The van der Waals surface area contributed by atoms with Gasteiger partial charge in [-0.2, -0.15) is 0 Å². The lowest BCUT2D eigenvalue weighted by molar-refractivity contribution is 0.0775. The molecule has 0 unspecified atom stereocenters. The summed E-state index contributed by atoms with van der Waals surface area (Å²) in [6.07, 6.45) is 0. The third-order valence-corrected chi connectivity index (χ3v) is 3.47. The number of rotatable bonds is 3. The zero-order valence-corrected chi connectivity index (χ0v) is 11.8. The largest absolute Gasteiger partial charge is 0.493 e.